The average Bonchev–Trinajstić information content (AvgIpc) is 2.81. The molecule has 7 heteroatoms. The lowest BCUT2D eigenvalue weighted by Crippen LogP contribution is -2.41. The predicted octanol–water partition coefficient (Wildman–Crippen LogP) is 2.40. The number of carbonyl (C=O) groups excluding carboxylic acids is 2. The third kappa shape index (κ3) is 4.29. The molecule has 0 radical (unpaired) electrons. The van der Waals surface area contributed by atoms with Gasteiger partial charge in [-0.2, -0.15) is 0 Å². The van der Waals surface area contributed by atoms with Crippen LogP contribution in [-0.2, 0) is 11.8 Å². The number of hydrogen-bond acceptors (Lipinski definition) is 2. The van der Waals surface area contributed by atoms with Crippen LogP contribution in [0.15, 0.2) is 47.1 Å². The number of hydrazine groups is 1. The van der Waals surface area contributed by atoms with Crippen molar-refractivity contribution in [2.24, 2.45) is 7.05 Å². The second-order valence-corrected chi connectivity index (χ2v) is 5.40. The second kappa shape index (κ2) is 7.04. The Balaban J connectivity index is 1.90. The molecule has 0 unspecified atom stereocenters. The molecule has 0 aliphatic rings. The number of nitrogens with one attached hydrogen (secondary N) is 2. The van der Waals surface area contributed by atoms with E-state index in [1.165, 1.54) is 24.3 Å². The number of halogens is 2. The Kier molecular flexibility index (Phi) is 5.11. The van der Waals surface area contributed by atoms with Crippen molar-refractivity contribution in [2.75, 3.05) is 0 Å². The maximum atomic E-state index is 13.0. The largest absolute Gasteiger partial charge is 0.345 e. The van der Waals surface area contributed by atoms with Gasteiger partial charge in [0, 0.05) is 23.8 Å². The molecule has 2 aromatic rings. The summed E-state index contributed by atoms with van der Waals surface area (Å²) in [6.07, 6.45) is 4.38. The first kappa shape index (κ1) is 16.0. The van der Waals surface area contributed by atoms with Crippen molar-refractivity contribution in [3.8, 4) is 0 Å². The van der Waals surface area contributed by atoms with Gasteiger partial charge in [0.1, 0.15) is 11.5 Å². The minimum Gasteiger partial charge on any atom is -0.345 e. The Morgan fingerprint density at radius 2 is 2.05 bits per heavy atom. The Morgan fingerprint density at radius 3 is 2.68 bits per heavy atom. The lowest BCUT2D eigenvalue weighted by atomic mass is 10.2. The summed E-state index contributed by atoms with van der Waals surface area (Å²) < 4.78 is 15.4. The molecule has 2 amide bonds. The van der Waals surface area contributed by atoms with Crippen molar-refractivity contribution in [2.45, 2.75) is 0 Å². The lowest BCUT2D eigenvalue weighted by Gasteiger charge is -2.05. The smallest absolute Gasteiger partial charge is 0.286 e. The number of amides is 2. The molecular weight excluding hydrogens is 353 g/mol. The maximum Gasteiger partial charge on any atom is 0.286 e. The van der Waals surface area contributed by atoms with Crippen LogP contribution in [-0.4, -0.2) is 16.4 Å². The van der Waals surface area contributed by atoms with Crippen LogP contribution >= 0.6 is 15.9 Å². The Bertz CT molecular complexity index is 740. The first-order chi connectivity index (χ1) is 10.5. The Labute approximate surface area is 134 Å². The van der Waals surface area contributed by atoms with Crippen molar-refractivity contribution in [1.29, 1.82) is 0 Å². The van der Waals surface area contributed by atoms with Gasteiger partial charge in [0.25, 0.3) is 11.8 Å². The lowest BCUT2D eigenvalue weighted by molar-refractivity contribution is -0.117. The predicted molar refractivity (Wildman–Crippen MR) is 84.2 cm³/mol. The van der Waals surface area contributed by atoms with Gasteiger partial charge < -0.3 is 4.57 Å². The summed E-state index contributed by atoms with van der Waals surface area (Å²) in [6, 6.07) is 7.44. The fourth-order valence-electron chi connectivity index (χ4n) is 1.76. The molecule has 0 saturated carbocycles. The van der Waals surface area contributed by atoms with E-state index >= 15 is 0 Å². The number of aromatic nitrogens is 1. The molecule has 114 valence electrons. The molecular formula is C15H13BrFN3O2. The number of hydrogen-bond donors (Lipinski definition) is 2. The minimum absolute atomic E-state index is 0.384. The molecule has 2 rings (SSSR count). The first-order valence-electron chi connectivity index (χ1n) is 6.31. The molecule has 1 heterocycles. The quantitative estimate of drug-likeness (QED) is 0.647. The number of nitrogens with zero attached hydrogens (tertiary/aromatic N) is 1. The van der Waals surface area contributed by atoms with Crippen LogP contribution < -0.4 is 10.9 Å². The maximum absolute atomic E-state index is 13.0. The normalized spacial score (nSPS) is 10.7. The van der Waals surface area contributed by atoms with Crippen LogP contribution in [0.3, 0.4) is 0 Å². The van der Waals surface area contributed by atoms with E-state index in [-0.39, 0.29) is 5.82 Å². The first-order valence-corrected chi connectivity index (χ1v) is 7.11. The molecule has 1 aromatic heterocycles. The fraction of sp³-hybridized carbons (Fsp3) is 0.0667. The molecule has 22 heavy (non-hydrogen) atoms. The third-order valence-electron chi connectivity index (χ3n) is 2.78. The number of rotatable bonds is 3. The molecule has 0 spiro atoms. The van der Waals surface area contributed by atoms with Crippen LogP contribution in [0, 0.1) is 5.82 Å². The van der Waals surface area contributed by atoms with Crippen LogP contribution in [0.25, 0.3) is 6.08 Å². The second-order valence-electron chi connectivity index (χ2n) is 4.49. The van der Waals surface area contributed by atoms with Gasteiger partial charge in [0.15, 0.2) is 0 Å². The van der Waals surface area contributed by atoms with E-state index in [2.05, 4.69) is 26.8 Å². The van der Waals surface area contributed by atoms with Crippen LogP contribution in [0.5, 0.6) is 0 Å². The van der Waals surface area contributed by atoms with Gasteiger partial charge in [-0.05, 0) is 45.8 Å². The molecule has 0 atom stereocenters. The van der Waals surface area contributed by atoms with Crippen molar-refractivity contribution in [1.82, 2.24) is 15.4 Å². The summed E-state index contributed by atoms with van der Waals surface area (Å²) in [6.45, 7) is 0. The number of carbonyl (C=O) groups is 2. The molecule has 0 fully saturated rings. The fourth-order valence-corrected chi connectivity index (χ4v) is 2.28. The minimum atomic E-state index is -0.522. The van der Waals surface area contributed by atoms with Crippen molar-refractivity contribution < 1.29 is 14.0 Å². The van der Waals surface area contributed by atoms with Crippen LogP contribution in [0.2, 0.25) is 0 Å². The molecule has 0 saturated heterocycles. The molecule has 0 bridgehead atoms. The zero-order chi connectivity index (χ0) is 16.1. The van der Waals surface area contributed by atoms with E-state index in [9.17, 15) is 14.0 Å². The van der Waals surface area contributed by atoms with E-state index in [1.54, 1.807) is 36.0 Å². The van der Waals surface area contributed by atoms with Crippen molar-refractivity contribution >= 4 is 33.8 Å². The SMILES string of the molecule is Cn1cc(Br)cc1C(=O)NNC(=O)/C=C/c1cccc(F)c1. The number of benzene rings is 1. The van der Waals surface area contributed by atoms with Gasteiger partial charge in [-0.1, -0.05) is 12.1 Å². The van der Waals surface area contributed by atoms with Gasteiger partial charge in [0.2, 0.25) is 0 Å². The number of aryl methyl sites for hydroxylation is 1. The van der Waals surface area contributed by atoms with Crippen LogP contribution in [0.1, 0.15) is 16.1 Å². The summed E-state index contributed by atoms with van der Waals surface area (Å²) in [5.74, 6) is -1.35. The molecule has 0 aliphatic heterocycles. The highest BCUT2D eigenvalue weighted by atomic mass is 79.9. The summed E-state index contributed by atoms with van der Waals surface area (Å²) >= 11 is 3.26. The third-order valence-corrected chi connectivity index (χ3v) is 3.21. The summed E-state index contributed by atoms with van der Waals surface area (Å²) in [4.78, 5) is 23.5. The van der Waals surface area contributed by atoms with E-state index in [4.69, 9.17) is 0 Å². The topological polar surface area (TPSA) is 63.1 Å². The van der Waals surface area contributed by atoms with Gasteiger partial charge >= 0.3 is 0 Å². The highest BCUT2D eigenvalue weighted by Crippen LogP contribution is 2.13. The zero-order valence-corrected chi connectivity index (χ0v) is 13.2. The van der Waals surface area contributed by atoms with Crippen molar-refractivity contribution in [3.63, 3.8) is 0 Å². The molecule has 5 nitrogen and oxygen atoms in total. The summed E-state index contributed by atoms with van der Waals surface area (Å²) in [7, 11) is 1.71. The highest BCUT2D eigenvalue weighted by molar-refractivity contribution is 9.10. The monoisotopic (exact) mass is 365 g/mol. The van der Waals surface area contributed by atoms with Gasteiger partial charge in [-0.15, -0.1) is 0 Å². The van der Waals surface area contributed by atoms with E-state index in [0.717, 1.165) is 4.47 Å². The Hall–Kier alpha value is -2.41. The van der Waals surface area contributed by atoms with Gasteiger partial charge in [-0.25, -0.2) is 4.39 Å². The summed E-state index contributed by atoms with van der Waals surface area (Å²) in [5.41, 5.74) is 5.49. The molecule has 1 aromatic carbocycles. The van der Waals surface area contributed by atoms with Gasteiger partial charge in [-0.3, -0.25) is 20.4 Å². The van der Waals surface area contributed by atoms with Gasteiger partial charge in [0.05, 0.1) is 0 Å². The molecule has 2 N–H and O–H groups in total. The highest BCUT2D eigenvalue weighted by Gasteiger charge is 2.11. The average molecular weight is 366 g/mol. The van der Waals surface area contributed by atoms with E-state index < -0.39 is 11.8 Å². The van der Waals surface area contributed by atoms with E-state index in [0.29, 0.717) is 11.3 Å². The molecule has 0 aliphatic carbocycles. The van der Waals surface area contributed by atoms with Crippen LogP contribution in [0.4, 0.5) is 4.39 Å². The standard InChI is InChI=1S/C15H13BrFN3O2/c1-20-9-11(16)8-13(20)15(22)19-18-14(21)6-5-10-3-2-4-12(17)7-10/h2-9H,1H3,(H,18,21)(H,19,22)/b6-5+. The zero-order valence-electron chi connectivity index (χ0n) is 11.6. The van der Waals surface area contributed by atoms with E-state index in [1.807, 2.05) is 0 Å². The Morgan fingerprint density at radius 1 is 1.27 bits per heavy atom. The summed E-state index contributed by atoms with van der Waals surface area (Å²) in [5, 5.41) is 0. The van der Waals surface area contributed by atoms with Crippen molar-refractivity contribution in [3.05, 3.63) is 64.2 Å².